The summed E-state index contributed by atoms with van der Waals surface area (Å²) < 4.78 is 6.19. The zero-order chi connectivity index (χ0) is 29.1. The number of pyridine rings is 1. The summed E-state index contributed by atoms with van der Waals surface area (Å²) in [5.74, 6) is -0.0377. The first-order valence-corrected chi connectivity index (χ1v) is 14.4. The smallest absolute Gasteiger partial charge is 0.252 e. The second kappa shape index (κ2) is 12.0. The fraction of sp³-hybridized carbons (Fsp3) is 0.0909. The highest BCUT2D eigenvalue weighted by atomic mass is 35.5. The van der Waals surface area contributed by atoms with Gasteiger partial charge in [0.2, 0.25) is 5.91 Å². The van der Waals surface area contributed by atoms with Crippen LogP contribution in [-0.2, 0) is 11.2 Å². The number of rotatable bonds is 8. The molecule has 1 unspecified atom stereocenters. The number of fused-ring (bicyclic) bond motifs is 2. The first kappa shape index (κ1) is 27.4. The van der Waals surface area contributed by atoms with Crippen molar-refractivity contribution < 1.29 is 14.3 Å². The number of nitrogens with one attached hydrogen (secondary N) is 2. The van der Waals surface area contributed by atoms with Crippen LogP contribution in [0.4, 0.5) is 5.13 Å². The number of hydrogen-bond donors (Lipinski definition) is 2. The summed E-state index contributed by atoms with van der Waals surface area (Å²) >= 11 is 7.44. The molecule has 0 fully saturated rings. The van der Waals surface area contributed by atoms with E-state index >= 15 is 0 Å². The molecule has 2 amide bonds. The lowest BCUT2D eigenvalue weighted by molar-refractivity contribution is -0.118. The predicted molar refractivity (Wildman–Crippen MR) is 168 cm³/mol. The normalized spacial score (nSPS) is 11.8. The van der Waals surface area contributed by atoms with Crippen LogP contribution in [0.1, 0.15) is 15.9 Å². The van der Waals surface area contributed by atoms with Gasteiger partial charge in [-0.2, -0.15) is 0 Å². The zero-order valence-corrected chi connectivity index (χ0v) is 24.1. The lowest BCUT2D eigenvalue weighted by Crippen LogP contribution is -2.45. The molecule has 6 rings (SSSR count). The molecule has 0 spiro atoms. The minimum absolute atomic E-state index is 0.296. The van der Waals surface area contributed by atoms with E-state index in [1.165, 1.54) is 11.3 Å². The van der Waals surface area contributed by atoms with Crippen LogP contribution in [0.3, 0.4) is 0 Å². The van der Waals surface area contributed by atoms with E-state index in [4.69, 9.17) is 21.3 Å². The highest BCUT2D eigenvalue weighted by Gasteiger charge is 2.25. The van der Waals surface area contributed by atoms with E-state index in [9.17, 15) is 9.59 Å². The molecule has 9 heteroatoms. The summed E-state index contributed by atoms with van der Waals surface area (Å²) in [6.45, 7) is 0. The first-order valence-electron chi connectivity index (χ1n) is 13.2. The maximum absolute atomic E-state index is 13.9. The van der Waals surface area contributed by atoms with E-state index in [0.29, 0.717) is 44.5 Å². The summed E-state index contributed by atoms with van der Waals surface area (Å²) in [7, 11) is 1.60. The van der Waals surface area contributed by atoms with Crippen LogP contribution in [0.5, 0.6) is 5.75 Å². The molecule has 208 valence electrons. The maximum Gasteiger partial charge on any atom is 0.252 e. The molecule has 2 N–H and O–H groups in total. The number of carbonyl (C=O) groups excluding carboxylic acids is 2. The molecule has 42 heavy (non-hydrogen) atoms. The fourth-order valence-electron chi connectivity index (χ4n) is 4.70. The van der Waals surface area contributed by atoms with Gasteiger partial charge in [0, 0.05) is 22.4 Å². The monoisotopic (exact) mass is 592 g/mol. The summed E-state index contributed by atoms with van der Waals surface area (Å²) in [6.07, 6.45) is 0.296. The number of thiazole rings is 1. The van der Waals surface area contributed by atoms with Crippen LogP contribution in [0, 0.1) is 0 Å². The Balaban J connectivity index is 1.32. The first-order chi connectivity index (χ1) is 20.5. The molecule has 0 bridgehead atoms. The van der Waals surface area contributed by atoms with Gasteiger partial charge in [0.1, 0.15) is 11.8 Å². The van der Waals surface area contributed by atoms with Crippen molar-refractivity contribution >= 4 is 61.0 Å². The highest BCUT2D eigenvalue weighted by molar-refractivity contribution is 7.22. The van der Waals surface area contributed by atoms with E-state index in [-0.39, 0.29) is 11.8 Å². The van der Waals surface area contributed by atoms with Crippen LogP contribution >= 0.6 is 22.9 Å². The van der Waals surface area contributed by atoms with Gasteiger partial charge in [0.15, 0.2) is 5.13 Å². The van der Waals surface area contributed by atoms with Crippen LogP contribution in [0.15, 0.2) is 103 Å². The van der Waals surface area contributed by atoms with Gasteiger partial charge in [-0.05, 0) is 48.0 Å². The molecule has 2 aromatic heterocycles. The lowest BCUT2D eigenvalue weighted by Gasteiger charge is -2.19. The Hall–Kier alpha value is -4.79. The number of ether oxygens (including phenoxy) is 1. The van der Waals surface area contributed by atoms with E-state index in [1.54, 1.807) is 25.3 Å². The van der Waals surface area contributed by atoms with Gasteiger partial charge in [0.05, 0.1) is 34.1 Å². The van der Waals surface area contributed by atoms with Gasteiger partial charge in [-0.15, -0.1) is 0 Å². The molecular weight excluding hydrogens is 568 g/mol. The number of methoxy groups -OCH3 is 1. The van der Waals surface area contributed by atoms with Gasteiger partial charge in [-0.25, -0.2) is 9.97 Å². The summed E-state index contributed by atoms with van der Waals surface area (Å²) in [5, 5.41) is 7.64. The van der Waals surface area contributed by atoms with E-state index in [0.717, 1.165) is 21.3 Å². The quantitative estimate of drug-likeness (QED) is 0.196. The molecule has 0 radical (unpaired) electrons. The Bertz CT molecular complexity index is 1910. The van der Waals surface area contributed by atoms with Crippen molar-refractivity contribution in [2.75, 3.05) is 12.4 Å². The molecule has 6 aromatic rings. The molecule has 4 aromatic carbocycles. The number of hydrogen-bond acceptors (Lipinski definition) is 6. The summed E-state index contributed by atoms with van der Waals surface area (Å²) in [5.41, 5.74) is 4.20. The van der Waals surface area contributed by atoms with Crippen molar-refractivity contribution in [3.05, 3.63) is 119 Å². The average molecular weight is 593 g/mol. The van der Waals surface area contributed by atoms with Crippen LogP contribution in [-0.4, -0.2) is 34.9 Å². The number of amides is 2. The summed E-state index contributed by atoms with van der Waals surface area (Å²) in [6, 6.07) is 30.7. The lowest BCUT2D eigenvalue weighted by atomic mass is 10.0. The van der Waals surface area contributed by atoms with Crippen LogP contribution in [0.25, 0.3) is 32.4 Å². The number of para-hydroxylation sites is 1. The Morgan fingerprint density at radius 2 is 1.64 bits per heavy atom. The van der Waals surface area contributed by atoms with E-state index < -0.39 is 6.04 Å². The number of halogens is 1. The fourth-order valence-corrected chi connectivity index (χ4v) is 5.73. The molecule has 2 heterocycles. The van der Waals surface area contributed by atoms with Crippen molar-refractivity contribution in [3.8, 4) is 17.0 Å². The predicted octanol–water partition coefficient (Wildman–Crippen LogP) is 7.15. The van der Waals surface area contributed by atoms with Gasteiger partial charge >= 0.3 is 0 Å². The highest BCUT2D eigenvalue weighted by Crippen LogP contribution is 2.30. The number of anilines is 1. The van der Waals surface area contributed by atoms with Crippen LogP contribution < -0.4 is 15.4 Å². The zero-order valence-electron chi connectivity index (χ0n) is 22.5. The van der Waals surface area contributed by atoms with Crippen molar-refractivity contribution in [1.29, 1.82) is 0 Å². The summed E-state index contributed by atoms with van der Waals surface area (Å²) in [4.78, 5) is 36.9. The topological polar surface area (TPSA) is 93.2 Å². The molecular formula is C33H25ClN4O3S. The number of carbonyl (C=O) groups is 2. The Kier molecular flexibility index (Phi) is 7.81. The minimum Gasteiger partial charge on any atom is -0.497 e. The molecule has 0 saturated heterocycles. The largest absolute Gasteiger partial charge is 0.497 e. The number of aromatic nitrogens is 2. The number of benzene rings is 4. The molecule has 0 aliphatic carbocycles. The minimum atomic E-state index is -0.868. The van der Waals surface area contributed by atoms with Crippen molar-refractivity contribution in [1.82, 2.24) is 15.3 Å². The number of nitrogens with zero attached hydrogens (tertiary/aromatic N) is 2. The van der Waals surface area contributed by atoms with Crippen molar-refractivity contribution in [2.24, 2.45) is 0 Å². The standard InChI is InChI=1S/C33H25ClN4O3S/c1-41-23-15-16-27-30(18-23)42-33(37-27)38-32(40)29(17-20-7-3-2-4-8-20)36-31(39)25-19-28(21-11-13-22(34)14-12-21)35-26-10-6-5-9-24(25)26/h2-16,18-19,29H,17H2,1H3,(H,36,39)(H,37,38,40). The third-order valence-electron chi connectivity index (χ3n) is 6.83. The van der Waals surface area contributed by atoms with Gasteiger partial charge in [-0.1, -0.05) is 83.6 Å². The third kappa shape index (κ3) is 5.95. The Morgan fingerprint density at radius 1 is 0.881 bits per heavy atom. The molecule has 1 atom stereocenters. The second-order valence-electron chi connectivity index (χ2n) is 9.64. The SMILES string of the molecule is COc1ccc2nc(NC(=O)C(Cc3ccccc3)NC(=O)c3cc(-c4ccc(Cl)cc4)nc4ccccc34)sc2c1. The van der Waals surface area contributed by atoms with Gasteiger partial charge in [0.25, 0.3) is 5.91 Å². The van der Waals surface area contributed by atoms with Gasteiger partial charge < -0.3 is 15.4 Å². The van der Waals surface area contributed by atoms with Crippen molar-refractivity contribution in [2.45, 2.75) is 12.5 Å². The van der Waals surface area contributed by atoms with E-state index in [1.807, 2.05) is 84.9 Å². The molecule has 0 aliphatic heterocycles. The Labute approximate surface area is 251 Å². The molecule has 7 nitrogen and oxygen atoms in total. The van der Waals surface area contributed by atoms with Gasteiger partial charge in [-0.3, -0.25) is 9.59 Å². The van der Waals surface area contributed by atoms with Crippen molar-refractivity contribution in [3.63, 3.8) is 0 Å². The second-order valence-corrected chi connectivity index (χ2v) is 11.1. The third-order valence-corrected chi connectivity index (χ3v) is 8.02. The average Bonchev–Trinajstić information content (AvgIpc) is 3.42. The van der Waals surface area contributed by atoms with Crippen LogP contribution in [0.2, 0.25) is 5.02 Å². The maximum atomic E-state index is 13.9. The van der Waals surface area contributed by atoms with E-state index in [2.05, 4.69) is 15.6 Å². The molecule has 0 saturated carbocycles. The Morgan fingerprint density at radius 3 is 2.43 bits per heavy atom. The molecule has 0 aliphatic rings.